The highest BCUT2D eigenvalue weighted by Gasteiger charge is 2.51. The Balaban J connectivity index is 1.19. The van der Waals surface area contributed by atoms with Crippen LogP contribution >= 0.6 is 0 Å². The van der Waals surface area contributed by atoms with E-state index in [2.05, 4.69) is 0 Å². The number of cyclic esters (lactones) is 1. The maximum Gasteiger partial charge on any atom is 0.355 e. The van der Waals surface area contributed by atoms with Gasteiger partial charge in [-0.15, -0.1) is 0 Å². The molecule has 0 fully saturated rings. The van der Waals surface area contributed by atoms with Crippen molar-refractivity contribution in [3.8, 4) is 22.5 Å². The Labute approximate surface area is 317 Å². The van der Waals surface area contributed by atoms with Gasteiger partial charge >= 0.3 is 11.9 Å². The topological polar surface area (TPSA) is 269 Å². The number of fused-ring (bicyclic) bond motifs is 8. The van der Waals surface area contributed by atoms with E-state index in [0.717, 1.165) is 29.3 Å². The van der Waals surface area contributed by atoms with Crippen LogP contribution in [0.3, 0.4) is 0 Å². The first-order valence-corrected chi connectivity index (χ1v) is 17.0. The van der Waals surface area contributed by atoms with Gasteiger partial charge in [-0.05, 0) is 31.5 Å². The second-order valence-electron chi connectivity index (χ2n) is 13.3. The van der Waals surface area contributed by atoms with Crippen molar-refractivity contribution in [3.63, 3.8) is 0 Å². The molecule has 8 rings (SSSR count). The lowest BCUT2D eigenvalue weighted by Gasteiger charge is -2.36. The fraction of sp³-hybridized carbons (Fsp3) is 0.189. The van der Waals surface area contributed by atoms with Gasteiger partial charge in [0.15, 0.2) is 6.10 Å². The summed E-state index contributed by atoms with van der Waals surface area (Å²) >= 11 is 0. The van der Waals surface area contributed by atoms with Gasteiger partial charge < -0.3 is 18.8 Å². The monoisotopic (exact) mass is 776 g/mol. The van der Waals surface area contributed by atoms with E-state index in [1.165, 1.54) is 18.4 Å². The first kappa shape index (κ1) is 36.1. The number of hydrogen-bond acceptors (Lipinski definition) is 15. The summed E-state index contributed by atoms with van der Waals surface area (Å²) in [6.45, 7) is 2.54. The number of ether oxygens (including phenoxy) is 3. The van der Waals surface area contributed by atoms with E-state index < -0.39 is 89.4 Å². The third-order valence-corrected chi connectivity index (χ3v) is 10.2. The predicted molar refractivity (Wildman–Crippen MR) is 195 cm³/mol. The van der Waals surface area contributed by atoms with Crippen LogP contribution in [0.15, 0.2) is 71.7 Å². The number of pyridine rings is 2. The van der Waals surface area contributed by atoms with Gasteiger partial charge in [0.05, 0.1) is 78.2 Å². The smallest absolute Gasteiger partial charge is 0.355 e. The second kappa shape index (κ2) is 12.9. The van der Waals surface area contributed by atoms with Gasteiger partial charge in [0.25, 0.3) is 28.3 Å². The lowest BCUT2D eigenvalue weighted by Crippen LogP contribution is -2.48. The number of hydrogen-bond donors (Lipinski definition) is 0. The van der Waals surface area contributed by atoms with Crippen molar-refractivity contribution in [2.75, 3.05) is 0 Å². The third-order valence-electron chi connectivity index (χ3n) is 10.2. The SMILES string of the molecule is CC[C@@]1(OC(=O)[C@@H](C)OC=C2c3cc([N+](=O)[O-])cc([N+](=O)[O-])c3-c3c2cc([N+](=O)[O-])cc3[N+](=O)[O-])C(=O)OCc2c1cc1n(c2=O)Cc2cc3ccccc3nc2-1. The van der Waals surface area contributed by atoms with Crippen LogP contribution in [-0.4, -0.2) is 47.3 Å². The molecule has 0 bridgehead atoms. The quantitative estimate of drug-likeness (QED) is 0.0732. The number of rotatable bonds is 9. The van der Waals surface area contributed by atoms with Gasteiger partial charge in [0.2, 0.25) is 5.60 Å². The van der Waals surface area contributed by atoms with Crippen LogP contribution in [-0.2, 0) is 42.6 Å². The Morgan fingerprint density at radius 2 is 1.53 bits per heavy atom. The van der Waals surface area contributed by atoms with Crippen LogP contribution in [0, 0.1) is 40.5 Å². The van der Waals surface area contributed by atoms with Crippen molar-refractivity contribution in [1.82, 2.24) is 9.55 Å². The summed E-state index contributed by atoms with van der Waals surface area (Å²) in [6.07, 6.45) is -1.01. The molecule has 20 nitrogen and oxygen atoms in total. The first-order chi connectivity index (χ1) is 27.1. The molecule has 1 aliphatic carbocycles. The van der Waals surface area contributed by atoms with Gasteiger partial charge in [0, 0.05) is 45.3 Å². The summed E-state index contributed by atoms with van der Waals surface area (Å²) < 4.78 is 18.5. The molecule has 2 atom stereocenters. The average molecular weight is 777 g/mol. The summed E-state index contributed by atoms with van der Waals surface area (Å²) in [5, 5.41) is 48.8. The van der Waals surface area contributed by atoms with Crippen molar-refractivity contribution in [3.05, 3.63) is 146 Å². The zero-order valence-corrected chi connectivity index (χ0v) is 29.4. The molecule has 2 aromatic heterocycles. The molecular weight excluding hydrogens is 752 g/mol. The van der Waals surface area contributed by atoms with Crippen LogP contribution < -0.4 is 5.56 Å². The molecule has 0 N–H and O–H groups in total. The van der Waals surface area contributed by atoms with E-state index in [1.54, 1.807) is 6.07 Å². The van der Waals surface area contributed by atoms with Gasteiger partial charge in [-0.1, -0.05) is 25.1 Å². The Bertz CT molecular complexity index is 2750. The fourth-order valence-electron chi connectivity index (χ4n) is 7.51. The van der Waals surface area contributed by atoms with E-state index in [1.807, 2.05) is 30.3 Å². The number of aromatic nitrogens is 2. The molecule has 286 valence electrons. The lowest BCUT2D eigenvalue weighted by molar-refractivity contribution is -0.395. The number of nitro groups is 4. The van der Waals surface area contributed by atoms with E-state index >= 15 is 0 Å². The molecule has 0 radical (unpaired) electrons. The summed E-state index contributed by atoms with van der Waals surface area (Å²) in [7, 11) is 0. The molecule has 2 aliphatic heterocycles. The van der Waals surface area contributed by atoms with E-state index in [-0.39, 0.29) is 40.8 Å². The molecule has 4 heterocycles. The molecule has 0 amide bonds. The number of nitro benzene ring substituents is 4. The Morgan fingerprint density at radius 3 is 2.11 bits per heavy atom. The van der Waals surface area contributed by atoms with Crippen molar-refractivity contribution < 1.29 is 43.5 Å². The maximum absolute atomic E-state index is 13.9. The Hall–Kier alpha value is -7.90. The van der Waals surface area contributed by atoms with Crippen molar-refractivity contribution in [2.24, 2.45) is 0 Å². The lowest BCUT2D eigenvalue weighted by atomic mass is 9.85. The largest absolute Gasteiger partial charge is 0.486 e. The molecule has 57 heavy (non-hydrogen) atoms. The van der Waals surface area contributed by atoms with Gasteiger partial charge in [-0.25, -0.2) is 14.6 Å². The van der Waals surface area contributed by atoms with Gasteiger partial charge in [-0.3, -0.25) is 45.3 Å². The normalized spacial score (nSPS) is 16.3. The van der Waals surface area contributed by atoms with Crippen molar-refractivity contribution in [2.45, 2.75) is 45.1 Å². The number of benzene rings is 3. The third kappa shape index (κ3) is 5.44. The van der Waals surface area contributed by atoms with Crippen LogP contribution in [0.2, 0.25) is 0 Å². The minimum atomic E-state index is -2.14. The number of para-hydroxylation sites is 1. The standard InChI is InChI=1S/C37H24N6O14/c1-3-37(26-13-30-33-19(8-18-6-4-5-7-27(18)38-33)14-39(30)34(44)25(26)16-56-36(37)46)57-35(45)17(2)55-15-24-22-9-20(40(47)48)11-28(42(51)52)31(22)32-23(24)10-21(41(49)50)12-29(32)43(53)54/h4-13,15,17H,3,14,16H2,1-2H3/t17-,37+/m1/s1. The Morgan fingerprint density at radius 1 is 0.912 bits per heavy atom. The average Bonchev–Trinajstić information content (AvgIpc) is 3.70. The highest BCUT2D eigenvalue weighted by Crippen LogP contribution is 2.54. The number of esters is 2. The maximum atomic E-state index is 13.9. The summed E-state index contributed by atoms with van der Waals surface area (Å²) in [5.41, 5.74) is -5.33. The molecular formula is C37H24N6O14. The molecule has 3 aliphatic rings. The summed E-state index contributed by atoms with van der Waals surface area (Å²) in [5.74, 6) is -2.14. The molecule has 0 spiro atoms. The number of carbonyl (C=O) groups excluding carboxylic acids is 2. The summed E-state index contributed by atoms with van der Waals surface area (Å²) in [6, 6.07) is 13.8. The Kier molecular flexibility index (Phi) is 8.14. The number of non-ortho nitro benzene ring substituents is 2. The molecule has 0 saturated heterocycles. The van der Waals surface area contributed by atoms with E-state index in [9.17, 15) is 54.8 Å². The molecule has 20 heteroatoms. The van der Waals surface area contributed by atoms with Crippen molar-refractivity contribution >= 4 is 51.2 Å². The number of nitrogens with zero attached hydrogens (tertiary/aromatic N) is 6. The highest BCUT2D eigenvalue weighted by atomic mass is 16.6. The molecule has 0 unspecified atom stereocenters. The van der Waals surface area contributed by atoms with Gasteiger partial charge in [0.1, 0.15) is 6.61 Å². The molecule has 3 aromatic carbocycles. The minimum absolute atomic E-state index is 0.0756. The molecule has 0 saturated carbocycles. The minimum Gasteiger partial charge on any atom is -0.486 e. The van der Waals surface area contributed by atoms with Crippen LogP contribution in [0.4, 0.5) is 22.7 Å². The number of carbonyl (C=O) groups is 2. The van der Waals surface area contributed by atoms with Crippen LogP contribution in [0.1, 0.15) is 48.1 Å². The fourth-order valence-corrected chi connectivity index (χ4v) is 7.51. The predicted octanol–water partition coefficient (Wildman–Crippen LogP) is 5.74. The van der Waals surface area contributed by atoms with Gasteiger partial charge in [-0.2, -0.15) is 0 Å². The van der Waals surface area contributed by atoms with Crippen molar-refractivity contribution in [1.29, 1.82) is 0 Å². The van der Waals surface area contributed by atoms with E-state index in [4.69, 9.17) is 19.2 Å². The second-order valence-corrected chi connectivity index (χ2v) is 13.3. The van der Waals surface area contributed by atoms with Crippen LogP contribution in [0.25, 0.3) is 39.0 Å². The molecule has 5 aromatic rings. The highest BCUT2D eigenvalue weighted by molar-refractivity contribution is 6.08. The zero-order chi connectivity index (χ0) is 40.7. The van der Waals surface area contributed by atoms with E-state index in [0.29, 0.717) is 29.0 Å². The first-order valence-electron chi connectivity index (χ1n) is 17.0. The summed E-state index contributed by atoms with van der Waals surface area (Å²) in [4.78, 5) is 90.1. The van der Waals surface area contributed by atoms with Crippen LogP contribution in [0.5, 0.6) is 0 Å². The zero-order valence-electron chi connectivity index (χ0n) is 29.4.